The molecule has 0 saturated heterocycles. The van der Waals surface area contributed by atoms with Crippen molar-refractivity contribution in [2.24, 2.45) is 11.3 Å². The Hall–Kier alpha value is -1.31. The zero-order valence-electron chi connectivity index (χ0n) is 9.16. The maximum Gasteiger partial charge on any atom is 0.125 e. The summed E-state index contributed by atoms with van der Waals surface area (Å²) >= 11 is 0. The summed E-state index contributed by atoms with van der Waals surface area (Å²) in [5.41, 5.74) is 1.92. The van der Waals surface area contributed by atoms with E-state index in [2.05, 4.69) is 0 Å². The van der Waals surface area contributed by atoms with Crippen molar-refractivity contribution >= 4 is 6.29 Å². The van der Waals surface area contributed by atoms with Gasteiger partial charge in [-0.15, -0.1) is 0 Å². The molecule has 2 rings (SSSR count). The van der Waals surface area contributed by atoms with Crippen LogP contribution in [0.4, 0.5) is 0 Å². The molecule has 0 saturated carbocycles. The monoisotopic (exact) mass is 204 g/mol. The van der Waals surface area contributed by atoms with Gasteiger partial charge in [0.25, 0.3) is 0 Å². The Balaban J connectivity index is 2.30. The van der Waals surface area contributed by atoms with Crippen LogP contribution in [0.2, 0.25) is 0 Å². The van der Waals surface area contributed by atoms with Gasteiger partial charge in [-0.3, -0.25) is 0 Å². The zero-order chi connectivity index (χ0) is 11.1. The van der Waals surface area contributed by atoms with Crippen LogP contribution in [-0.4, -0.2) is 11.4 Å². The summed E-state index contributed by atoms with van der Waals surface area (Å²) in [4.78, 5) is 11.0. The molecule has 1 atom stereocenters. The Bertz CT molecular complexity index is 394. The lowest BCUT2D eigenvalue weighted by atomic mass is 9.78. The van der Waals surface area contributed by atoms with Crippen molar-refractivity contribution in [1.82, 2.24) is 0 Å². The molecule has 0 fully saturated rings. The van der Waals surface area contributed by atoms with E-state index < -0.39 is 0 Å². The van der Waals surface area contributed by atoms with Crippen molar-refractivity contribution in [2.45, 2.75) is 26.7 Å². The van der Waals surface area contributed by atoms with Gasteiger partial charge in [-0.2, -0.15) is 0 Å². The highest BCUT2D eigenvalue weighted by Gasteiger charge is 2.35. The second-order valence-electron chi connectivity index (χ2n) is 4.96. The van der Waals surface area contributed by atoms with Crippen LogP contribution in [0.3, 0.4) is 0 Å². The van der Waals surface area contributed by atoms with Crippen molar-refractivity contribution in [1.29, 1.82) is 0 Å². The number of benzene rings is 1. The summed E-state index contributed by atoms with van der Waals surface area (Å²) in [5, 5.41) is 9.70. The number of aldehydes is 1. The van der Waals surface area contributed by atoms with Gasteiger partial charge in [0.05, 0.1) is 0 Å². The summed E-state index contributed by atoms with van der Waals surface area (Å²) in [6.45, 7) is 3.93. The molecule has 0 aromatic heterocycles. The molecule has 0 amide bonds. The molecule has 2 nitrogen and oxygen atoms in total. The number of phenolic OH excluding ortho intramolecular Hbond substituents is 1. The molecule has 1 aromatic rings. The standard InChI is InChI=1S/C13H16O2/c1-13(2,8-14)10-6-9-4-3-5-12(15)11(9)7-10/h3-5,8,10,15H,6-7H2,1-2H3. The van der Waals surface area contributed by atoms with Gasteiger partial charge in [0.1, 0.15) is 12.0 Å². The molecule has 0 radical (unpaired) electrons. The summed E-state index contributed by atoms with van der Waals surface area (Å²) in [6.07, 6.45) is 2.74. The van der Waals surface area contributed by atoms with Crippen molar-refractivity contribution in [3.63, 3.8) is 0 Å². The van der Waals surface area contributed by atoms with E-state index in [0.717, 1.165) is 24.7 Å². The van der Waals surface area contributed by atoms with Gasteiger partial charge >= 0.3 is 0 Å². The number of rotatable bonds is 2. The minimum absolute atomic E-state index is 0.300. The molecule has 1 unspecified atom stereocenters. The molecular weight excluding hydrogens is 188 g/mol. The zero-order valence-corrected chi connectivity index (χ0v) is 9.16. The third-order valence-electron chi connectivity index (χ3n) is 3.52. The highest BCUT2D eigenvalue weighted by atomic mass is 16.3. The molecule has 2 heteroatoms. The average molecular weight is 204 g/mol. The number of carbonyl (C=O) groups is 1. The molecule has 1 aliphatic carbocycles. The molecule has 80 valence electrons. The molecule has 0 heterocycles. The lowest BCUT2D eigenvalue weighted by Gasteiger charge is -2.24. The molecule has 0 spiro atoms. The van der Waals surface area contributed by atoms with E-state index in [1.54, 1.807) is 6.07 Å². The van der Waals surface area contributed by atoms with Crippen molar-refractivity contribution in [3.8, 4) is 5.75 Å². The predicted octanol–water partition coefficient (Wildman–Crippen LogP) is 2.33. The molecule has 1 aliphatic rings. The predicted molar refractivity (Wildman–Crippen MR) is 58.8 cm³/mol. The molecule has 0 aliphatic heterocycles. The molecule has 0 bridgehead atoms. The second kappa shape index (κ2) is 3.37. The van der Waals surface area contributed by atoms with Gasteiger partial charge in [-0.25, -0.2) is 0 Å². The largest absolute Gasteiger partial charge is 0.508 e. The first-order valence-electron chi connectivity index (χ1n) is 5.30. The summed E-state index contributed by atoms with van der Waals surface area (Å²) in [6, 6.07) is 5.62. The van der Waals surface area contributed by atoms with Crippen molar-refractivity contribution in [3.05, 3.63) is 29.3 Å². The number of hydrogen-bond acceptors (Lipinski definition) is 2. The first-order valence-corrected chi connectivity index (χ1v) is 5.30. The van der Waals surface area contributed by atoms with Gasteiger partial charge in [0, 0.05) is 5.41 Å². The van der Waals surface area contributed by atoms with Crippen molar-refractivity contribution < 1.29 is 9.90 Å². The first-order chi connectivity index (χ1) is 7.04. The Morgan fingerprint density at radius 2 is 2.13 bits per heavy atom. The molecular formula is C13H16O2. The number of fused-ring (bicyclic) bond motifs is 1. The van der Waals surface area contributed by atoms with Crippen LogP contribution in [0.5, 0.6) is 5.75 Å². The van der Waals surface area contributed by atoms with E-state index in [9.17, 15) is 9.90 Å². The lowest BCUT2D eigenvalue weighted by Crippen LogP contribution is -2.25. The van der Waals surface area contributed by atoms with Crippen LogP contribution in [0.25, 0.3) is 0 Å². The fraction of sp³-hybridized carbons (Fsp3) is 0.462. The first kappa shape index (κ1) is 10.2. The van der Waals surface area contributed by atoms with Crippen molar-refractivity contribution in [2.75, 3.05) is 0 Å². The van der Waals surface area contributed by atoms with Crippen LogP contribution in [0, 0.1) is 11.3 Å². The molecule has 15 heavy (non-hydrogen) atoms. The second-order valence-corrected chi connectivity index (χ2v) is 4.96. The number of aromatic hydroxyl groups is 1. The summed E-state index contributed by atoms with van der Waals surface area (Å²) in [5.74, 6) is 0.690. The van der Waals surface area contributed by atoms with E-state index in [4.69, 9.17) is 0 Å². The van der Waals surface area contributed by atoms with Gasteiger partial charge in [0.2, 0.25) is 0 Å². The van der Waals surface area contributed by atoms with E-state index in [1.165, 1.54) is 5.56 Å². The highest BCUT2D eigenvalue weighted by Crippen LogP contribution is 2.40. The van der Waals surface area contributed by atoms with Gasteiger partial charge in [-0.05, 0) is 36.0 Å². The average Bonchev–Trinajstić information content (AvgIpc) is 2.64. The lowest BCUT2D eigenvalue weighted by molar-refractivity contribution is -0.116. The fourth-order valence-electron chi connectivity index (χ4n) is 2.25. The minimum Gasteiger partial charge on any atom is -0.508 e. The van der Waals surface area contributed by atoms with Crippen LogP contribution in [0.15, 0.2) is 18.2 Å². The summed E-state index contributed by atoms with van der Waals surface area (Å²) < 4.78 is 0. The maximum atomic E-state index is 11.0. The van der Waals surface area contributed by atoms with E-state index in [-0.39, 0.29) is 5.41 Å². The quantitative estimate of drug-likeness (QED) is 0.751. The Morgan fingerprint density at radius 3 is 2.73 bits per heavy atom. The Labute approximate surface area is 89.9 Å². The Morgan fingerprint density at radius 1 is 1.40 bits per heavy atom. The van der Waals surface area contributed by atoms with E-state index in [0.29, 0.717) is 11.7 Å². The Kier molecular flexibility index (Phi) is 2.29. The highest BCUT2D eigenvalue weighted by molar-refractivity contribution is 5.60. The van der Waals surface area contributed by atoms with Gasteiger partial charge < -0.3 is 9.90 Å². The number of carbonyl (C=O) groups excluding carboxylic acids is 1. The topological polar surface area (TPSA) is 37.3 Å². The van der Waals surface area contributed by atoms with E-state index in [1.807, 2.05) is 26.0 Å². The third kappa shape index (κ3) is 1.65. The van der Waals surface area contributed by atoms with Crippen LogP contribution < -0.4 is 0 Å². The summed E-state index contributed by atoms with van der Waals surface area (Å²) in [7, 11) is 0. The number of hydrogen-bond donors (Lipinski definition) is 1. The third-order valence-corrected chi connectivity index (χ3v) is 3.52. The van der Waals surface area contributed by atoms with E-state index >= 15 is 0 Å². The van der Waals surface area contributed by atoms with Gasteiger partial charge in [0.15, 0.2) is 0 Å². The number of phenols is 1. The van der Waals surface area contributed by atoms with Crippen LogP contribution in [-0.2, 0) is 17.6 Å². The normalized spacial score (nSPS) is 20.0. The maximum absolute atomic E-state index is 11.0. The SMILES string of the molecule is CC(C)(C=O)C1Cc2cccc(O)c2C1. The van der Waals surface area contributed by atoms with Gasteiger partial charge in [-0.1, -0.05) is 26.0 Å². The molecule has 1 N–H and O–H groups in total. The minimum atomic E-state index is -0.300. The molecule has 1 aromatic carbocycles. The van der Waals surface area contributed by atoms with Crippen LogP contribution >= 0.6 is 0 Å². The fourth-order valence-corrected chi connectivity index (χ4v) is 2.25. The van der Waals surface area contributed by atoms with Crippen LogP contribution in [0.1, 0.15) is 25.0 Å². The smallest absolute Gasteiger partial charge is 0.125 e.